The number of rotatable bonds is 9. The summed E-state index contributed by atoms with van der Waals surface area (Å²) in [6, 6.07) is 10.1. The Morgan fingerprint density at radius 2 is 1.83 bits per heavy atom. The molecule has 0 saturated heterocycles. The fourth-order valence-corrected chi connectivity index (χ4v) is 3.62. The van der Waals surface area contributed by atoms with E-state index in [1.165, 1.54) is 5.56 Å². The van der Waals surface area contributed by atoms with E-state index < -0.39 is 0 Å². The summed E-state index contributed by atoms with van der Waals surface area (Å²) in [5.41, 5.74) is 2.46. The largest absolute Gasteiger partial charge is 0.350 e. The highest BCUT2D eigenvalue weighted by atomic mass is 16.2. The van der Waals surface area contributed by atoms with Gasteiger partial charge in [0.1, 0.15) is 5.69 Å². The summed E-state index contributed by atoms with van der Waals surface area (Å²) in [4.78, 5) is 32.0. The molecule has 0 aliphatic carbocycles. The zero-order valence-electron chi connectivity index (χ0n) is 17.4. The molecule has 2 N–H and O–H groups in total. The molecule has 3 rings (SSSR count). The van der Waals surface area contributed by atoms with E-state index in [2.05, 4.69) is 20.5 Å². The van der Waals surface area contributed by atoms with Crippen molar-refractivity contribution in [3.8, 4) is 0 Å². The standard InChI is InChI=1S/C22H31N5O2/c1-26(2)15-8-13-23-22(29)20-25-19(18-11-6-7-16-27(18)20)21(28)24-14-12-17-9-4-3-5-10-17/h3-5,9-10H,6-8,11-16H2,1-2H3,(H,23,29)(H,24,28). The molecular formula is C22H31N5O2. The van der Waals surface area contributed by atoms with Crippen LogP contribution in [0.5, 0.6) is 0 Å². The lowest BCUT2D eigenvalue weighted by atomic mass is 10.1. The summed E-state index contributed by atoms with van der Waals surface area (Å²) in [7, 11) is 4.02. The Hall–Kier alpha value is -2.67. The van der Waals surface area contributed by atoms with Gasteiger partial charge in [-0.1, -0.05) is 30.3 Å². The van der Waals surface area contributed by atoms with Crippen LogP contribution in [0.3, 0.4) is 0 Å². The first-order chi connectivity index (χ1) is 14.1. The molecule has 156 valence electrons. The third-order valence-electron chi connectivity index (χ3n) is 5.15. The highest BCUT2D eigenvalue weighted by molar-refractivity contribution is 5.97. The molecule has 2 aromatic rings. The fraction of sp³-hybridized carbons (Fsp3) is 0.500. The maximum Gasteiger partial charge on any atom is 0.287 e. The molecule has 0 radical (unpaired) electrons. The fourth-order valence-electron chi connectivity index (χ4n) is 3.62. The van der Waals surface area contributed by atoms with Crippen LogP contribution in [0.4, 0.5) is 0 Å². The van der Waals surface area contributed by atoms with Gasteiger partial charge in [0, 0.05) is 19.6 Å². The summed E-state index contributed by atoms with van der Waals surface area (Å²) in [5, 5.41) is 5.90. The van der Waals surface area contributed by atoms with E-state index in [0.717, 1.165) is 50.9 Å². The number of hydrogen-bond donors (Lipinski definition) is 2. The van der Waals surface area contributed by atoms with Gasteiger partial charge in [0.15, 0.2) is 5.82 Å². The zero-order chi connectivity index (χ0) is 20.6. The van der Waals surface area contributed by atoms with Crippen LogP contribution in [-0.2, 0) is 19.4 Å². The van der Waals surface area contributed by atoms with Gasteiger partial charge in [-0.05, 0) is 58.3 Å². The number of nitrogens with zero attached hydrogens (tertiary/aromatic N) is 3. The van der Waals surface area contributed by atoms with E-state index in [0.29, 0.717) is 24.6 Å². The molecule has 2 amide bonds. The second-order valence-electron chi connectivity index (χ2n) is 7.74. The lowest BCUT2D eigenvalue weighted by molar-refractivity contribution is 0.0936. The van der Waals surface area contributed by atoms with Crippen LogP contribution >= 0.6 is 0 Å². The second kappa shape index (κ2) is 10.2. The van der Waals surface area contributed by atoms with Gasteiger partial charge < -0.3 is 20.1 Å². The first-order valence-electron chi connectivity index (χ1n) is 10.4. The number of carbonyl (C=O) groups is 2. The molecule has 0 saturated carbocycles. The number of hydrogen-bond acceptors (Lipinski definition) is 4. The van der Waals surface area contributed by atoms with Gasteiger partial charge in [-0.25, -0.2) is 4.98 Å². The van der Waals surface area contributed by atoms with Gasteiger partial charge in [-0.3, -0.25) is 9.59 Å². The molecule has 2 heterocycles. The van der Waals surface area contributed by atoms with Crippen LogP contribution in [0.2, 0.25) is 0 Å². The van der Waals surface area contributed by atoms with Gasteiger partial charge in [0.2, 0.25) is 0 Å². The van der Waals surface area contributed by atoms with E-state index in [-0.39, 0.29) is 11.8 Å². The van der Waals surface area contributed by atoms with E-state index in [1.807, 2.05) is 49.0 Å². The average Bonchev–Trinajstić information content (AvgIpc) is 3.11. The molecule has 0 bridgehead atoms. The summed E-state index contributed by atoms with van der Waals surface area (Å²) in [5.74, 6) is -0.0359. The summed E-state index contributed by atoms with van der Waals surface area (Å²) < 4.78 is 1.93. The Balaban J connectivity index is 1.64. The quantitative estimate of drug-likeness (QED) is 0.633. The van der Waals surface area contributed by atoms with Crippen molar-refractivity contribution < 1.29 is 9.59 Å². The minimum absolute atomic E-state index is 0.196. The first-order valence-corrected chi connectivity index (χ1v) is 10.4. The summed E-state index contributed by atoms with van der Waals surface area (Å²) >= 11 is 0. The van der Waals surface area contributed by atoms with Crippen LogP contribution in [0.25, 0.3) is 0 Å². The molecule has 29 heavy (non-hydrogen) atoms. The maximum atomic E-state index is 12.8. The van der Waals surface area contributed by atoms with Crippen molar-refractivity contribution in [1.82, 2.24) is 25.1 Å². The third kappa shape index (κ3) is 5.67. The molecule has 0 spiro atoms. The average molecular weight is 398 g/mol. The van der Waals surface area contributed by atoms with Crippen molar-refractivity contribution >= 4 is 11.8 Å². The number of benzene rings is 1. The summed E-state index contributed by atoms with van der Waals surface area (Å²) in [6.45, 7) is 2.79. The number of fused-ring (bicyclic) bond motifs is 1. The molecule has 1 aliphatic heterocycles. The first kappa shape index (κ1) is 21.0. The minimum Gasteiger partial charge on any atom is -0.350 e. The molecule has 0 atom stereocenters. The Morgan fingerprint density at radius 3 is 2.59 bits per heavy atom. The van der Waals surface area contributed by atoms with E-state index in [9.17, 15) is 9.59 Å². The number of carbonyl (C=O) groups excluding carboxylic acids is 2. The molecule has 1 aliphatic rings. The molecule has 0 unspecified atom stereocenters. The molecule has 7 heteroatoms. The molecule has 7 nitrogen and oxygen atoms in total. The van der Waals surface area contributed by atoms with Gasteiger partial charge in [-0.2, -0.15) is 0 Å². The van der Waals surface area contributed by atoms with Gasteiger partial charge in [0.25, 0.3) is 11.8 Å². The zero-order valence-corrected chi connectivity index (χ0v) is 17.4. The topological polar surface area (TPSA) is 79.3 Å². The monoisotopic (exact) mass is 397 g/mol. The molecule has 1 aromatic heterocycles. The Labute approximate surface area is 172 Å². The predicted molar refractivity (Wildman–Crippen MR) is 113 cm³/mol. The van der Waals surface area contributed by atoms with Crippen LogP contribution in [-0.4, -0.2) is 60.0 Å². The molecule has 0 fully saturated rings. The number of imidazole rings is 1. The molecule has 1 aromatic carbocycles. The van der Waals surface area contributed by atoms with Crippen molar-refractivity contribution in [2.45, 2.75) is 38.6 Å². The lowest BCUT2D eigenvalue weighted by Crippen LogP contribution is -2.30. The van der Waals surface area contributed by atoms with Gasteiger partial charge in [0.05, 0.1) is 5.69 Å². The van der Waals surface area contributed by atoms with Gasteiger partial charge in [-0.15, -0.1) is 0 Å². The molecular weight excluding hydrogens is 366 g/mol. The number of aromatic nitrogens is 2. The van der Waals surface area contributed by atoms with Crippen molar-refractivity contribution in [2.75, 3.05) is 33.7 Å². The second-order valence-corrected chi connectivity index (χ2v) is 7.74. The highest BCUT2D eigenvalue weighted by Crippen LogP contribution is 2.21. The van der Waals surface area contributed by atoms with Crippen LogP contribution in [0.15, 0.2) is 30.3 Å². The maximum absolute atomic E-state index is 12.8. The number of nitrogens with one attached hydrogen (secondary N) is 2. The predicted octanol–water partition coefficient (Wildman–Crippen LogP) is 1.87. The minimum atomic E-state index is -0.199. The Bertz CT molecular complexity index is 829. The SMILES string of the molecule is CN(C)CCCNC(=O)c1nc(C(=O)NCCc2ccccc2)c2n1CCCC2. The van der Waals surface area contributed by atoms with Gasteiger partial charge >= 0.3 is 0 Å². The summed E-state index contributed by atoms with van der Waals surface area (Å²) in [6.07, 6.45) is 4.43. The van der Waals surface area contributed by atoms with E-state index in [4.69, 9.17) is 0 Å². The highest BCUT2D eigenvalue weighted by Gasteiger charge is 2.27. The van der Waals surface area contributed by atoms with Crippen molar-refractivity contribution in [1.29, 1.82) is 0 Å². The third-order valence-corrected chi connectivity index (χ3v) is 5.15. The van der Waals surface area contributed by atoms with E-state index >= 15 is 0 Å². The lowest BCUT2D eigenvalue weighted by Gasteiger charge is -2.17. The Kier molecular flexibility index (Phi) is 7.41. The van der Waals surface area contributed by atoms with Crippen molar-refractivity contribution in [3.63, 3.8) is 0 Å². The van der Waals surface area contributed by atoms with Crippen LogP contribution in [0.1, 0.15) is 51.6 Å². The normalized spacial score (nSPS) is 13.2. The number of amides is 2. The van der Waals surface area contributed by atoms with Crippen molar-refractivity contribution in [2.24, 2.45) is 0 Å². The Morgan fingerprint density at radius 1 is 1.07 bits per heavy atom. The van der Waals surface area contributed by atoms with Crippen LogP contribution < -0.4 is 10.6 Å². The smallest absolute Gasteiger partial charge is 0.287 e. The van der Waals surface area contributed by atoms with Crippen molar-refractivity contribution in [3.05, 3.63) is 53.1 Å². The van der Waals surface area contributed by atoms with Crippen LogP contribution in [0, 0.1) is 0 Å². The van der Waals surface area contributed by atoms with E-state index in [1.54, 1.807) is 0 Å².